The molecule has 1 unspecified atom stereocenters. The Balaban J connectivity index is 1.62. The minimum atomic E-state index is -4.86. The number of alkyl halides is 3. The van der Waals surface area contributed by atoms with Crippen LogP contribution in [0.1, 0.15) is 34.1 Å². The zero-order valence-electron chi connectivity index (χ0n) is 20.3. The molecule has 0 saturated carbocycles. The van der Waals surface area contributed by atoms with E-state index in [1.54, 1.807) is 18.5 Å². The van der Waals surface area contributed by atoms with Gasteiger partial charge in [0.15, 0.2) is 5.78 Å². The Morgan fingerprint density at radius 1 is 1.13 bits per heavy atom. The number of pyridine rings is 1. The number of methoxy groups -OCH3 is 1. The van der Waals surface area contributed by atoms with Crippen LogP contribution in [0.25, 0.3) is 10.8 Å². The standard InChI is InChI=1S/C28H23F4N3O3/c1-38-15-20-10-22-12-21(14-36)34-35(22)27(18-4-5-23(24(29)11-18)28(30,31)32)26(20)25(37)9-16-2-3-19-13-33-7-6-17(19)8-16/h2-8,11-13,27,36H,9-10,14-15H2,1H3. The largest absolute Gasteiger partial charge is 0.419 e. The first-order chi connectivity index (χ1) is 18.2. The molecule has 2 aromatic heterocycles. The Morgan fingerprint density at radius 3 is 2.66 bits per heavy atom. The van der Waals surface area contributed by atoms with Crippen LogP contribution in [0, 0.1) is 5.82 Å². The fraction of sp³-hybridized carbons (Fsp3) is 0.250. The molecule has 1 aliphatic heterocycles. The smallest absolute Gasteiger partial charge is 0.390 e. The third-order valence-electron chi connectivity index (χ3n) is 6.62. The SMILES string of the molecule is COCC1=C(C(=O)Cc2ccc3cnccc3c2)C(c2ccc(C(F)(F)F)c(F)c2)n2nc(CO)cc2C1. The second-order valence-electron chi connectivity index (χ2n) is 9.15. The van der Waals surface area contributed by atoms with Gasteiger partial charge in [-0.15, -0.1) is 0 Å². The van der Waals surface area contributed by atoms with Crippen molar-refractivity contribution in [1.82, 2.24) is 14.8 Å². The van der Waals surface area contributed by atoms with E-state index in [1.165, 1.54) is 11.8 Å². The van der Waals surface area contributed by atoms with E-state index in [0.717, 1.165) is 28.5 Å². The highest BCUT2D eigenvalue weighted by Crippen LogP contribution is 2.39. The Labute approximate surface area is 215 Å². The number of rotatable bonds is 7. The highest BCUT2D eigenvalue weighted by atomic mass is 19.4. The molecule has 10 heteroatoms. The van der Waals surface area contributed by atoms with E-state index in [0.29, 0.717) is 23.0 Å². The number of Topliss-reactive ketones (excluding diaryl/α,β-unsaturated/α-hetero) is 1. The molecule has 38 heavy (non-hydrogen) atoms. The number of nitrogens with zero attached hydrogens (tertiary/aromatic N) is 3. The van der Waals surface area contributed by atoms with Crippen LogP contribution in [0.15, 0.2) is 72.1 Å². The molecule has 3 heterocycles. The van der Waals surface area contributed by atoms with Gasteiger partial charge in [-0.3, -0.25) is 14.5 Å². The number of hydrogen-bond donors (Lipinski definition) is 1. The van der Waals surface area contributed by atoms with Crippen molar-refractivity contribution >= 4 is 16.6 Å². The number of ether oxygens (including phenoxy) is 1. The molecule has 1 aliphatic rings. The molecular formula is C28H23F4N3O3. The second kappa shape index (κ2) is 10.1. The maximum atomic E-state index is 14.7. The first-order valence-electron chi connectivity index (χ1n) is 11.8. The van der Waals surface area contributed by atoms with Crippen molar-refractivity contribution in [3.63, 3.8) is 0 Å². The van der Waals surface area contributed by atoms with Crippen LogP contribution in [0.2, 0.25) is 0 Å². The summed E-state index contributed by atoms with van der Waals surface area (Å²) in [6.45, 7) is -0.285. The molecule has 6 nitrogen and oxygen atoms in total. The van der Waals surface area contributed by atoms with Crippen LogP contribution >= 0.6 is 0 Å². The highest BCUT2D eigenvalue weighted by Gasteiger charge is 2.37. The fourth-order valence-electron chi connectivity index (χ4n) is 4.97. The molecule has 0 radical (unpaired) electrons. The van der Waals surface area contributed by atoms with Crippen molar-refractivity contribution in [3.05, 3.63) is 106 Å². The van der Waals surface area contributed by atoms with Gasteiger partial charge in [0, 0.05) is 49.0 Å². The average Bonchev–Trinajstić information content (AvgIpc) is 3.30. The molecule has 196 valence electrons. The molecule has 0 bridgehead atoms. The number of aromatic nitrogens is 3. The van der Waals surface area contributed by atoms with E-state index in [-0.39, 0.29) is 43.0 Å². The summed E-state index contributed by atoms with van der Waals surface area (Å²) >= 11 is 0. The van der Waals surface area contributed by atoms with Crippen molar-refractivity contribution in [3.8, 4) is 0 Å². The van der Waals surface area contributed by atoms with Gasteiger partial charge in [0.25, 0.3) is 0 Å². The zero-order valence-corrected chi connectivity index (χ0v) is 20.3. The van der Waals surface area contributed by atoms with Crippen molar-refractivity contribution in [1.29, 1.82) is 0 Å². The first kappa shape index (κ1) is 25.7. The van der Waals surface area contributed by atoms with Gasteiger partial charge in [0.1, 0.15) is 11.9 Å². The molecule has 0 amide bonds. The summed E-state index contributed by atoms with van der Waals surface area (Å²) in [5.41, 5.74) is 1.31. The summed E-state index contributed by atoms with van der Waals surface area (Å²) in [4.78, 5) is 18.0. The lowest BCUT2D eigenvalue weighted by molar-refractivity contribution is -0.140. The van der Waals surface area contributed by atoms with Gasteiger partial charge >= 0.3 is 6.18 Å². The number of allylic oxidation sites excluding steroid dienone is 1. The lowest BCUT2D eigenvalue weighted by Crippen LogP contribution is -2.30. The maximum absolute atomic E-state index is 14.7. The van der Waals surface area contributed by atoms with Crippen LogP contribution in [0.5, 0.6) is 0 Å². The third-order valence-corrected chi connectivity index (χ3v) is 6.62. The molecule has 0 spiro atoms. The number of carbonyl (C=O) groups is 1. The number of benzene rings is 2. The summed E-state index contributed by atoms with van der Waals surface area (Å²) < 4.78 is 61.3. The first-order valence-corrected chi connectivity index (χ1v) is 11.8. The zero-order chi connectivity index (χ0) is 27.0. The lowest BCUT2D eigenvalue weighted by Gasteiger charge is -2.30. The summed E-state index contributed by atoms with van der Waals surface area (Å²) in [7, 11) is 1.48. The number of fused-ring (bicyclic) bond motifs is 2. The number of ketones is 1. The Morgan fingerprint density at radius 2 is 1.95 bits per heavy atom. The third kappa shape index (κ3) is 4.84. The molecule has 0 fully saturated rings. The van der Waals surface area contributed by atoms with Crippen LogP contribution < -0.4 is 0 Å². The number of aliphatic hydroxyl groups is 1. The average molecular weight is 526 g/mol. The van der Waals surface area contributed by atoms with E-state index in [1.807, 2.05) is 24.3 Å². The monoisotopic (exact) mass is 525 g/mol. The van der Waals surface area contributed by atoms with Crippen molar-refractivity contribution in [2.45, 2.75) is 31.7 Å². The van der Waals surface area contributed by atoms with Crippen LogP contribution in [0.3, 0.4) is 0 Å². The van der Waals surface area contributed by atoms with E-state index < -0.39 is 23.6 Å². The van der Waals surface area contributed by atoms with Crippen molar-refractivity contribution in [2.75, 3.05) is 13.7 Å². The maximum Gasteiger partial charge on any atom is 0.419 e. The van der Waals surface area contributed by atoms with Crippen LogP contribution in [0.4, 0.5) is 17.6 Å². The number of aliphatic hydroxyl groups excluding tert-OH is 1. The summed E-state index contributed by atoms with van der Waals surface area (Å²) in [5.74, 6) is -1.73. The Hall–Kier alpha value is -3.89. The summed E-state index contributed by atoms with van der Waals surface area (Å²) in [5, 5.41) is 15.9. The number of halogens is 4. The Kier molecular flexibility index (Phi) is 6.85. The van der Waals surface area contributed by atoms with Gasteiger partial charge in [0.2, 0.25) is 0 Å². The van der Waals surface area contributed by atoms with E-state index in [4.69, 9.17) is 4.74 Å². The van der Waals surface area contributed by atoms with E-state index in [9.17, 15) is 27.5 Å². The van der Waals surface area contributed by atoms with Gasteiger partial charge in [0.05, 0.1) is 24.5 Å². The fourth-order valence-corrected chi connectivity index (χ4v) is 4.97. The molecule has 5 rings (SSSR count). The van der Waals surface area contributed by atoms with Crippen molar-refractivity contribution in [2.24, 2.45) is 0 Å². The molecule has 4 aromatic rings. The lowest BCUT2D eigenvalue weighted by atomic mass is 9.84. The topological polar surface area (TPSA) is 77.2 Å². The van der Waals surface area contributed by atoms with Crippen molar-refractivity contribution < 1.29 is 32.2 Å². The van der Waals surface area contributed by atoms with Gasteiger partial charge in [-0.2, -0.15) is 18.3 Å². The van der Waals surface area contributed by atoms with Crippen LogP contribution in [-0.2, 0) is 35.2 Å². The molecule has 1 atom stereocenters. The Bertz CT molecular complexity index is 1560. The number of carbonyl (C=O) groups excluding carboxylic acids is 1. The number of hydrogen-bond acceptors (Lipinski definition) is 5. The van der Waals surface area contributed by atoms with Gasteiger partial charge in [-0.25, -0.2) is 4.39 Å². The summed E-state index contributed by atoms with van der Waals surface area (Å²) in [6, 6.07) is 10.7. The summed E-state index contributed by atoms with van der Waals surface area (Å²) in [6.07, 6.45) is -1.21. The minimum absolute atomic E-state index is 0.00386. The molecular weight excluding hydrogens is 502 g/mol. The van der Waals surface area contributed by atoms with Gasteiger partial charge in [-0.1, -0.05) is 24.3 Å². The predicted molar refractivity (Wildman–Crippen MR) is 131 cm³/mol. The van der Waals surface area contributed by atoms with E-state index in [2.05, 4.69) is 10.1 Å². The molecule has 0 saturated heterocycles. The van der Waals surface area contributed by atoms with Gasteiger partial charge in [-0.05, 0) is 46.4 Å². The quantitative estimate of drug-likeness (QED) is 0.345. The van der Waals surface area contributed by atoms with Crippen LogP contribution in [-0.4, -0.2) is 39.4 Å². The predicted octanol–water partition coefficient (Wildman–Crippen LogP) is 4.98. The van der Waals surface area contributed by atoms with E-state index >= 15 is 0 Å². The highest BCUT2D eigenvalue weighted by molar-refractivity contribution is 6.00. The second-order valence-corrected chi connectivity index (χ2v) is 9.15. The normalized spacial score (nSPS) is 15.7. The molecule has 0 aliphatic carbocycles. The molecule has 2 aromatic carbocycles. The minimum Gasteiger partial charge on any atom is -0.390 e. The van der Waals surface area contributed by atoms with Gasteiger partial charge < -0.3 is 9.84 Å². The molecule has 1 N–H and O–H groups in total.